The molecular weight excluding hydrogens is 365 g/mol. The lowest BCUT2D eigenvalue weighted by molar-refractivity contribution is -0.111. The molecule has 2 nitrogen and oxygen atoms in total. The van der Waals surface area contributed by atoms with Gasteiger partial charge in [-0.3, -0.25) is 4.79 Å². The summed E-state index contributed by atoms with van der Waals surface area (Å²) in [6.07, 6.45) is 0. The summed E-state index contributed by atoms with van der Waals surface area (Å²) in [5.74, 6) is 5.53. The van der Waals surface area contributed by atoms with Crippen molar-refractivity contribution in [1.29, 1.82) is 0 Å². The number of carbonyl (C=O) groups is 1. The van der Waals surface area contributed by atoms with Gasteiger partial charge in [0.1, 0.15) is 0 Å². The molecule has 0 aliphatic carbocycles. The van der Waals surface area contributed by atoms with E-state index in [9.17, 15) is 4.79 Å². The molecular formula is C22H15Cl2NO. The number of nitrogens with one attached hydrogen (secondary N) is 1. The first-order valence-corrected chi connectivity index (χ1v) is 8.89. The van der Waals surface area contributed by atoms with Crippen LogP contribution in [-0.4, -0.2) is 5.91 Å². The van der Waals surface area contributed by atoms with Gasteiger partial charge in [0.05, 0.1) is 0 Å². The molecule has 0 aliphatic rings. The van der Waals surface area contributed by atoms with Crippen molar-refractivity contribution in [3.63, 3.8) is 0 Å². The summed E-state index contributed by atoms with van der Waals surface area (Å²) in [4.78, 5) is 12.0. The number of benzene rings is 3. The number of halogens is 2. The smallest absolute Gasteiger partial charge is 0.300 e. The minimum Gasteiger partial charge on any atom is -0.315 e. The number of alkyl halides is 1. The Morgan fingerprint density at radius 2 is 1.42 bits per heavy atom. The van der Waals surface area contributed by atoms with Crippen LogP contribution in [0.1, 0.15) is 11.1 Å². The zero-order valence-electron chi connectivity index (χ0n) is 13.8. The average molecular weight is 380 g/mol. The molecule has 0 fully saturated rings. The zero-order chi connectivity index (χ0) is 18.4. The summed E-state index contributed by atoms with van der Waals surface area (Å²) in [7, 11) is 0. The molecule has 0 spiro atoms. The van der Waals surface area contributed by atoms with E-state index < -0.39 is 0 Å². The largest absolute Gasteiger partial charge is 0.315 e. The van der Waals surface area contributed by atoms with E-state index in [1.807, 2.05) is 72.8 Å². The predicted octanol–water partition coefficient (Wildman–Crippen LogP) is 5.74. The summed E-state index contributed by atoms with van der Waals surface area (Å²) in [6.45, 7) is 0. The molecule has 0 saturated carbocycles. The van der Waals surface area contributed by atoms with Gasteiger partial charge in [-0.15, -0.1) is 11.6 Å². The molecule has 0 aromatic heterocycles. The minimum absolute atomic E-state index is 0.356. The number of rotatable bonds is 3. The highest BCUT2D eigenvalue weighted by Crippen LogP contribution is 2.23. The van der Waals surface area contributed by atoms with Crippen molar-refractivity contribution >= 4 is 34.8 Å². The van der Waals surface area contributed by atoms with E-state index in [0.29, 0.717) is 16.6 Å². The molecule has 3 aromatic carbocycles. The van der Waals surface area contributed by atoms with Crippen molar-refractivity contribution in [2.45, 2.75) is 5.88 Å². The van der Waals surface area contributed by atoms with Crippen LogP contribution in [0.3, 0.4) is 0 Å². The van der Waals surface area contributed by atoms with Crippen molar-refractivity contribution in [2.75, 3.05) is 5.32 Å². The zero-order valence-corrected chi connectivity index (χ0v) is 15.3. The van der Waals surface area contributed by atoms with Gasteiger partial charge in [-0.1, -0.05) is 53.9 Å². The van der Waals surface area contributed by atoms with E-state index in [2.05, 4.69) is 17.2 Å². The summed E-state index contributed by atoms with van der Waals surface area (Å²) in [5, 5.41) is 3.47. The third-order valence-corrected chi connectivity index (χ3v) is 4.31. The summed E-state index contributed by atoms with van der Waals surface area (Å²) in [5.41, 5.74) is 4.59. The highest BCUT2D eigenvalue weighted by Gasteiger charge is 2.01. The SMILES string of the molecule is O=C(C#Cc1ccc(CCl)cc1)Nc1ccc(-c2ccc(Cl)cc2)cc1. The molecule has 1 N–H and O–H groups in total. The lowest BCUT2D eigenvalue weighted by Gasteiger charge is -2.04. The first-order valence-electron chi connectivity index (χ1n) is 7.98. The van der Waals surface area contributed by atoms with Crippen LogP contribution in [0.4, 0.5) is 5.69 Å². The van der Waals surface area contributed by atoms with Gasteiger partial charge >= 0.3 is 5.91 Å². The maximum absolute atomic E-state index is 12.0. The lowest BCUT2D eigenvalue weighted by Crippen LogP contribution is -2.08. The molecule has 3 aromatic rings. The Labute approximate surface area is 162 Å². The Morgan fingerprint density at radius 1 is 0.846 bits per heavy atom. The fraction of sp³-hybridized carbons (Fsp3) is 0.0455. The van der Waals surface area contributed by atoms with Gasteiger partial charge in [-0.25, -0.2) is 0 Å². The monoisotopic (exact) mass is 379 g/mol. The van der Waals surface area contributed by atoms with Crippen molar-refractivity contribution in [3.05, 3.63) is 88.9 Å². The van der Waals surface area contributed by atoms with E-state index in [0.717, 1.165) is 22.3 Å². The van der Waals surface area contributed by atoms with Gasteiger partial charge in [0.25, 0.3) is 0 Å². The number of hydrogen-bond acceptors (Lipinski definition) is 1. The van der Waals surface area contributed by atoms with Crippen molar-refractivity contribution < 1.29 is 4.79 Å². The van der Waals surface area contributed by atoms with Gasteiger partial charge in [-0.2, -0.15) is 0 Å². The van der Waals surface area contributed by atoms with Gasteiger partial charge in [0.2, 0.25) is 0 Å². The number of anilines is 1. The Bertz CT molecular complexity index is 950. The normalized spacial score (nSPS) is 9.92. The van der Waals surface area contributed by atoms with Crippen molar-refractivity contribution in [2.24, 2.45) is 0 Å². The molecule has 128 valence electrons. The number of hydrogen-bond donors (Lipinski definition) is 1. The van der Waals surface area contributed by atoms with Crippen LogP contribution in [0.15, 0.2) is 72.8 Å². The Balaban J connectivity index is 1.64. The van der Waals surface area contributed by atoms with Crippen LogP contribution in [0.2, 0.25) is 5.02 Å². The number of amides is 1. The fourth-order valence-corrected chi connectivity index (χ4v) is 2.66. The summed E-state index contributed by atoms with van der Waals surface area (Å²) < 4.78 is 0. The standard InChI is InChI=1S/C22H15Cl2NO/c23-15-17-3-1-16(2-4-17)5-14-22(26)25-21-12-8-19(9-13-21)18-6-10-20(24)11-7-18/h1-4,6-13H,15H2,(H,25,26). The van der Waals surface area contributed by atoms with Crippen LogP contribution in [0.25, 0.3) is 11.1 Å². The maximum atomic E-state index is 12.0. The third-order valence-electron chi connectivity index (χ3n) is 3.75. The molecule has 4 heteroatoms. The maximum Gasteiger partial charge on any atom is 0.300 e. The van der Waals surface area contributed by atoms with Gasteiger partial charge in [0.15, 0.2) is 0 Å². The first kappa shape index (κ1) is 18.1. The number of carbonyl (C=O) groups excluding carboxylic acids is 1. The second kappa shape index (κ2) is 8.58. The average Bonchev–Trinajstić information content (AvgIpc) is 2.68. The highest BCUT2D eigenvalue weighted by molar-refractivity contribution is 6.30. The summed E-state index contributed by atoms with van der Waals surface area (Å²) in [6, 6.07) is 22.7. The fourth-order valence-electron chi connectivity index (χ4n) is 2.36. The van der Waals surface area contributed by atoms with Crippen LogP contribution in [-0.2, 0) is 10.7 Å². The van der Waals surface area contributed by atoms with E-state index in [4.69, 9.17) is 23.2 Å². The minimum atomic E-state index is -0.356. The molecule has 0 saturated heterocycles. The van der Waals surface area contributed by atoms with Crippen molar-refractivity contribution in [1.82, 2.24) is 0 Å². The van der Waals surface area contributed by atoms with E-state index in [-0.39, 0.29) is 5.91 Å². The van der Waals surface area contributed by atoms with Crippen LogP contribution in [0, 0.1) is 11.8 Å². The Kier molecular flexibility index (Phi) is 5.96. The first-order chi connectivity index (χ1) is 12.6. The molecule has 26 heavy (non-hydrogen) atoms. The molecule has 1 amide bonds. The lowest BCUT2D eigenvalue weighted by atomic mass is 10.1. The third kappa shape index (κ3) is 4.89. The second-order valence-corrected chi connectivity index (χ2v) is 6.32. The van der Waals surface area contributed by atoms with Crippen LogP contribution >= 0.6 is 23.2 Å². The molecule has 0 aliphatic heterocycles. The van der Waals surface area contributed by atoms with Crippen LogP contribution < -0.4 is 5.32 Å². The predicted molar refractivity (Wildman–Crippen MR) is 108 cm³/mol. The molecule has 0 heterocycles. The van der Waals surface area contributed by atoms with E-state index in [1.165, 1.54) is 0 Å². The van der Waals surface area contributed by atoms with Gasteiger partial charge in [-0.05, 0) is 53.1 Å². The summed E-state index contributed by atoms with van der Waals surface area (Å²) >= 11 is 11.7. The topological polar surface area (TPSA) is 29.1 Å². The van der Waals surface area contributed by atoms with E-state index in [1.54, 1.807) is 0 Å². The Hall–Kier alpha value is -2.73. The molecule has 0 radical (unpaired) electrons. The molecule has 0 bridgehead atoms. The second-order valence-electron chi connectivity index (χ2n) is 5.62. The van der Waals surface area contributed by atoms with E-state index >= 15 is 0 Å². The van der Waals surface area contributed by atoms with Crippen molar-refractivity contribution in [3.8, 4) is 23.0 Å². The molecule has 0 atom stereocenters. The van der Waals surface area contributed by atoms with Gasteiger partial charge in [0, 0.05) is 28.1 Å². The molecule has 0 unspecified atom stereocenters. The van der Waals surface area contributed by atoms with Gasteiger partial charge < -0.3 is 5.32 Å². The Morgan fingerprint density at radius 3 is 2.00 bits per heavy atom. The van der Waals surface area contributed by atoms with Crippen LogP contribution in [0.5, 0.6) is 0 Å². The quantitative estimate of drug-likeness (QED) is 0.456. The molecule has 3 rings (SSSR count). The highest BCUT2D eigenvalue weighted by atomic mass is 35.5.